The number of allylic oxidation sites excluding steroid dienone is 5. The SMILES string of the molecule is NC(=NC(c1ccccc1)c1ccc(-c2ccccc2)cc1)c1cccc2c1C1=C(CCC(C3=Cc4c(oc5ccccc45)CC3)=C1)C21c2ccccc2N(c2ccccc2)c2ccccc21. The summed E-state index contributed by atoms with van der Waals surface area (Å²) >= 11 is 0. The van der Waals surface area contributed by atoms with Crippen molar-refractivity contribution in [1.29, 1.82) is 0 Å². The number of anilines is 3. The van der Waals surface area contributed by atoms with Crippen LogP contribution in [0.2, 0.25) is 0 Å². The Kier molecular flexibility index (Phi) is 9.21. The standard InChI is InChI=1S/C63H47N3O/c64-62(65-61(43-19-6-2-7-20-43)44-33-31-42(32-34-44)41-17-4-1-5-18-41)49-24-16-27-55-60(49)51-40-45(46-36-38-59-50(39-46)48-23-10-15-30-58(48)67-59)35-37-52(51)63(55)53-25-11-13-28-56(53)66(47-21-8-3-9-22-47)57-29-14-12-26-54(57)63/h1-34,39-40,61H,35-38H2,(H2,64,65). The summed E-state index contributed by atoms with van der Waals surface area (Å²) in [5, 5.41) is 1.18. The van der Waals surface area contributed by atoms with E-state index >= 15 is 0 Å². The Labute approximate surface area is 391 Å². The number of hydrogen-bond acceptors (Lipinski definition) is 3. The number of benzene rings is 8. The average molecular weight is 862 g/mol. The van der Waals surface area contributed by atoms with Crippen molar-refractivity contribution in [2.24, 2.45) is 10.7 Å². The maximum Gasteiger partial charge on any atom is 0.134 e. The highest BCUT2D eigenvalue weighted by Gasteiger charge is 2.53. The zero-order chi connectivity index (χ0) is 44.5. The Morgan fingerprint density at radius 3 is 1.85 bits per heavy atom. The van der Waals surface area contributed by atoms with E-state index in [2.05, 4.69) is 223 Å². The first-order chi connectivity index (χ1) is 33.1. The molecule has 1 atom stereocenters. The first-order valence-corrected chi connectivity index (χ1v) is 23.5. The van der Waals surface area contributed by atoms with E-state index in [9.17, 15) is 0 Å². The number of para-hydroxylation sites is 4. The summed E-state index contributed by atoms with van der Waals surface area (Å²) in [5.41, 5.74) is 28.6. The highest BCUT2D eigenvalue weighted by Crippen LogP contribution is 2.65. The van der Waals surface area contributed by atoms with Crippen molar-refractivity contribution in [3.8, 4) is 11.1 Å². The molecular weight excluding hydrogens is 815 g/mol. The summed E-state index contributed by atoms with van der Waals surface area (Å²) in [4.78, 5) is 8.01. The molecule has 8 aromatic carbocycles. The Bertz CT molecular complexity index is 3470. The minimum atomic E-state index is -0.567. The molecule has 1 unspecified atom stereocenters. The van der Waals surface area contributed by atoms with Crippen LogP contribution in [-0.2, 0) is 11.8 Å². The molecule has 2 N–H and O–H groups in total. The smallest absolute Gasteiger partial charge is 0.134 e. The summed E-state index contributed by atoms with van der Waals surface area (Å²) in [6.45, 7) is 0. The Morgan fingerprint density at radius 1 is 0.522 bits per heavy atom. The van der Waals surface area contributed by atoms with Gasteiger partial charge in [-0.3, -0.25) is 4.99 Å². The van der Waals surface area contributed by atoms with Gasteiger partial charge in [0.05, 0.1) is 16.8 Å². The van der Waals surface area contributed by atoms with Gasteiger partial charge in [-0.05, 0) is 122 Å². The molecule has 4 heteroatoms. The van der Waals surface area contributed by atoms with Crippen molar-refractivity contribution < 1.29 is 4.42 Å². The molecule has 67 heavy (non-hydrogen) atoms. The van der Waals surface area contributed by atoms with Crippen LogP contribution < -0.4 is 10.6 Å². The Hall–Kier alpha value is -8.21. The number of aryl methyl sites for hydroxylation is 1. The minimum absolute atomic E-state index is 0.315. The molecule has 320 valence electrons. The molecule has 13 rings (SSSR count). The zero-order valence-corrected chi connectivity index (χ0v) is 37.1. The summed E-state index contributed by atoms with van der Waals surface area (Å²) in [6, 6.07) is 73.7. The van der Waals surface area contributed by atoms with Gasteiger partial charge >= 0.3 is 0 Å². The molecular formula is C63H47N3O. The lowest BCUT2D eigenvalue weighted by Gasteiger charge is -2.46. The van der Waals surface area contributed by atoms with Gasteiger partial charge in [-0.25, -0.2) is 0 Å². The number of amidine groups is 1. The number of hydrogen-bond donors (Lipinski definition) is 1. The fraction of sp³-hybridized carbons (Fsp3) is 0.0952. The molecule has 2 heterocycles. The highest BCUT2D eigenvalue weighted by molar-refractivity contribution is 6.08. The fourth-order valence-corrected chi connectivity index (χ4v) is 11.7. The normalized spacial score (nSPS) is 16.1. The largest absolute Gasteiger partial charge is 0.460 e. The van der Waals surface area contributed by atoms with Crippen molar-refractivity contribution in [3.05, 3.63) is 279 Å². The van der Waals surface area contributed by atoms with E-state index in [0.717, 1.165) is 59.4 Å². The van der Waals surface area contributed by atoms with Crippen LogP contribution >= 0.6 is 0 Å². The van der Waals surface area contributed by atoms with Crippen LogP contribution in [0.15, 0.2) is 238 Å². The molecule has 1 spiro atoms. The van der Waals surface area contributed by atoms with Crippen molar-refractivity contribution in [2.75, 3.05) is 4.90 Å². The van der Waals surface area contributed by atoms with Gasteiger partial charge in [0.2, 0.25) is 0 Å². The van der Waals surface area contributed by atoms with Crippen LogP contribution in [0, 0.1) is 0 Å². The van der Waals surface area contributed by atoms with Crippen molar-refractivity contribution in [3.63, 3.8) is 0 Å². The number of rotatable bonds is 7. The van der Waals surface area contributed by atoms with Gasteiger partial charge in [-0.15, -0.1) is 0 Å². The highest BCUT2D eigenvalue weighted by atomic mass is 16.3. The van der Waals surface area contributed by atoms with Crippen molar-refractivity contribution in [2.45, 2.75) is 37.1 Å². The van der Waals surface area contributed by atoms with Gasteiger partial charge in [0.1, 0.15) is 23.2 Å². The second-order valence-electron chi connectivity index (χ2n) is 18.2. The van der Waals surface area contributed by atoms with Gasteiger partial charge in [-0.1, -0.05) is 182 Å². The third-order valence-electron chi connectivity index (χ3n) is 14.6. The van der Waals surface area contributed by atoms with Gasteiger partial charge < -0.3 is 15.1 Å². The monoisotopic (exact) mass is 861 g/mol. The van der Waals surface area contributed by atoms with Gasteiger partial charge in [0, 0.05) is 28.6 Å². The molecule has 3 aliphatic carbocycles. The molecule has 4 nitrogen and oxygen atoms in total. The van der Waals surface area contributed by atoms with E-state index in [1.165, 1.54) is 78.0 Å². The van der Waals surface area contributed by atoms with Crippen LogP contribution in [0.3, 0.4) is 0 Å². The summed E-state index contributed by atoms with van der Waals surface area (Å²) < 4.78 is 6.38. The molecule has 0 saturated heterocycles. The molecule has 4 aliphatic rings. The lowest BCUT2D eigenvalue weighted by molar-refractivity contribution is 0.543. The van der Waals surface area contributed by atoms with E-state index in [0.29, 0.717) is 5.84 Å². The molecule has 9 aromatic rings. The van der Waals surface area contributed by atoms with E-state index in [1.807, 2.05) is 0 Å². The lowest BCUT2D eigenvalue weighted by atomic mass is 9.62. The van der Waals surface area contributed by atoms with E-state index in [1.54, 1.807) is 0 Å². The van der Waals surface area contributed by atoms with Crippen LogP contribution in [0.5, 0.6) is 0 Å². The predicted molar refractivity (Wildman–Crippen MR) is 275 cm³/mol. The fourth-order valence-electron chi connectivity index (χ4n) is 11.7. The number of nitrogens with zero attached hydrogens (tertiary/aromatic N) is 2. The second-order valence-corrected chi connectivity index (χ2v) is 18.2. The number of furan rings is 1. The molecule has 1 aromatic heterocycles. The van der Waals surface area contributed by atoms with Crippen LogP contribution in [0.1, 0.15) is 75.6 Å². The predicted octanol–water partition coefficient (Wildman–Crippen LogP) is 15.2. The van der Waals surface area contributed by atoms with E-state index < -0.39 is 5.41 Å². The summed E-state index contributed by atoms with van der Waals surface area (Å²) in [7, 11) is 0. The minimum Gasteiger partial charge on any atom is -0.460 e. The van der Waals surface area contributed by atoms with Gasteiger partial charge in [-0.2, -0.15) is 0 Å². The number of aliphatic imine (C=N–C) groups is 1. The molecule has 0 saturated carbocycles. The third kappa shape index (κ3) is 6.17. The lowest BCUT2D eigenvalue weighted by Crippen LogP contribution is -2.37. The number of nitrogens with two attached hydrogens (primary N) is 1. The van der Waals surface area contributed by atoms with Crippen molar-refractivity contribution in [1.82, 2.24) is 0 Å². The zero-order valence-electron chi connectivity index (χ0n) is 37.1. The first kappa shape index (κ1) is 39.2. The Balaban J connectivity index is 1.03. The second kappa shape index (κ2) is 15.7. The summed E-state index contributed by atoms with van der Waals surface area (Å²) in [6.07, 6.45) is 8.58. The van der Waals surface area contributed by atoms with Crippen LogP contribution in [0.25, 0.3) is 33.7 Å². The molecule has 0 amide bonds. The quantitative estimate of drug-likeness (QED) is 0.128. The van der Waals surface area contributed by atoms with E-state index in [4.69, 9.17) is 15.1 Å². The topological polar surface area (TPSA) is 54.8 Å². The van der Waals surface area contributed by atoms with Crippen LogP contribution in [-0.4, -0.2) is 5.84 Å². The maximum atomic E-state index is 7.54. The van der Waals surface area contributed by atoms with Gasteiger partial charge in [0.25, 0.3) is 0 Å². The maximum absolute atomic E-state index is 7.54. The number of fused-ring (bicyclic) bond motifs is 11. The molecule has 0 fully saturated rings. The van der Waals surface area contributed by atoms with Gasteiger partial charge in [0.15, 0.2) is 0 Å². The molecule has 0 bridgehead atoms. The summed E-state index contributed by atoms with van der Waals surface area (Å²) in [5.74, 6) is 1.61. The van der Waals surface area contributed by atoms with E-state index in [-0.39, 0.29) is 6.04 Å². The molecule has 0 radical (unpaired) electrons. The molecule has 1 aliphatic heterocycles. The third-order valence-corrected chi connectivity index (χ3v) is 14.6. The Morgan fingerprint density at radius 2 is 1.10 bits per heavy atom. The van der Waals surface area contributed by atoms with Crippen molar-refractivity contribution >= 4 is 45.5 Å². The first-order valence-electron chi connectivity index (χ1n) is 23.5. The van der Waals surface area contributed by atoms with Crippen LogP contribution in [0.4, 0.5) is 17.1 Å². The average Bonchev–Trinajstić information content (AvgIpc) is 3.92.